The number of morpholine rings is 1. The van der Waals surface area contributed by atoms with Gasteiger partial charge in [-0.3, -0.25) is 5.41 Å². The zero-order chi connectivity index (χ0) is 13.1. The highest BCUT2D eigenvalue weighted by molar-refractivity contribution is 9.10. The van der Waals surface area contributed by atoms with Crippen LogP contribution >= 0.6 is 15.9 Å². The summed E-state index contributed by atoms with van der Waals surface area (Å²) in [5.41, 5.74) is 7.46. The second-order valence-electron chi connectivity index (χ2n) is 4.42. The van der Waals surface area contributed by atoms with Crippen LogP contribution in [0.1, 0.15) is 18.9 Å². The molecule has 1 atom stereocenters. The van der Waals surface area contributed by atoms with Gasteiger partial charge in [0.2, 0.25) is 0 Å². The molecule has 1 saturated heterocycles. The van der Waals surface area contributed by atoms with Gasteiger partial charge < -0.3 is 15.4 Å². The van der Waals surface area contributed by atoms with E-state index in [1.165, 1.54) is 0 Å². The number of nitrogen functional groups attached to an aromatic ring is 1. The van der Waals surface area contributed by atoms with E-state index in [1.54, 1.807) is 0 Å². The van der Waals surface area contributed by atoms with Crippen LogP contribution in [-0.4, -0.2) is 31.6 Å². The molecule has 0 amide bonds. The Bertz CT molecular complexity index is 450. The molecular formula is C13H18BrN3O. The van der Waals surface area contributed by atoms with Crippen molar-refractivity contribution in [2.75, 3.05) is 24.6 Å². The Morgan fingerprint density at radius 1 is 1.61 bits per heavy atom. The number of benzene rings is 1. The zero-order valence-electron chi connectivity index (χ0n) is 10.4. The molecule has 0 aromatic heterocycles. The number of hydrogen-bond donors (Lipinski definition) is 2. The fourth-order valence-corrected chi connectivity index (χ4v) is 2.55. The van der Waals surface area contributed by atoms with Crippen molar-refractivity contribution in [3.8, 4) is 0 Å². The average Bonchev–Trinajstić information content (AvgIpc) is 2.38. The van der Waals surface area contributed by atoms with E-state index >= 15 is 0 Å². The van der Waals surface area contributed by atoms with E-state index in [-0.39, 0.29) is 11.9 Å². The second kappa shape index (κ2) is 5.71. The normalized spacial score (nSPS) is 19.9. The molecule has 3 N–H and O–H groups in total. The summed E-state index contributed by atoms with van der Waals surface area (Å²) < 4.78 is 6.61. The Kier molecular flexibility index (Phi) is 4.24. The molecule has 0 aliphatic carbocycles. The number of nitrogens with two attached hydrogens (primary N) is 1. The van der Waals surface area contributed by atoms with Crippen LogP contribution < -0.4 is 10.6 Å². The molecule has 1 aromatic carbocycles. The predicted octanol–water partition coefficient (Wildman–Crippen LogP) is 2.35. The van der Waals surface area contributed by atoms with Gasteiger partial charge in [0, 0.05) is 28.8 Å². The number of rotatable bonds is 3. The van der Waals surface area contributed by atoms with Crippen LogP contribution in [0.5, 0.6) is 0 Å². The average molecular weight is 312 g/mol. The Morgan fingerprint density at radius 3 is 3.06 bits per heavy atom. The van der Waals surface area contributed by atoms with E-state index < -0.39 is 0 Å². The second-order valence-corrected chi connectivity index (χ2v) is 5.34. The molecule has 98 valence electrons. The van der Waals surface area contributed by atoms with Crippen molar-refractivity contribution in [2.45, 2.75) is 19.4 Å². The summed E-state index contributed by atoms with van der Waals surface area (Å²) in [4.78, 5) is 2.25. The van der Waals surface area contributed by atoms with E-state index in [2.05, 4.69) is 27.8 Å². The Hall–Kier alpha value is -1.07. The summed E-state index contributed by atoms with van der Waals surface area (Å²) >= 11 is 3.42. The van der Waals surface area contributed by atoms with Crippen molar-refractivity contribution in [3.05, 3.63) is 28.2 Å². The first-order chi connectivity index (χ1) is 8.61. The molecule has 0 spiro atoms. The predicted molar refractivity (Wildman–Crippen MR) is 77.4 cm³/mol. The van der Waals surface area contributed by atoms with Gasteiger partial charge in [0.25, 0.3) is 0 Å². The van der Waals surface area contributed by atoms with E-state index in [9.17, 15) is 0 Å². The molecule has 1 aliphatic heterocycles. The fourth-order valence-electron chi connectivity index (χ4n) is 2.18. The largest absolute Gasteiger partial charge is 0.384 e. The van der Waals surface area contributed by atoms with E-state index in [1.807, 2.05) is 18.2 Å². The van der Waals surface area contributed by atoms with Crippen molar-refractivity contribution in [2.24, 2.45) is 5.73 Å². The number of amidine groups is 1. The van der Waals surface area contributed by atoms with Crippen LogP contribution in [0.4, 0.5) is 5.69 Å². The van der Waals surface area contributed by atoms with Crippen molar-refractivity contribution >= 4 is 27.5 Å². The fraction of sp³-hybridized carbons (Fsp3) is 0.462. The first-order valence-electron chi connectivity index (χ1n) is 6.12. The minimum Gasteiger partial charge on any atom is -0.384 e. The minimum atomic E-state index is 0.103. The van der Waals surface area contributed by atoms with E-state index in [0.717, 1.165) is 41.8 Å². The van der Waals surface area contributed by atoms with Gasteiger partial charge in [-0.1, -0.05) is 22.9 Å². The maximum atomic E-state index is 7.69. The summed E-state index contributed by atoms with van der Waals surface area (Å²) in [5.74, 6) is 0.103. The third kappa shape index (κ3) is 2.84. The molecule has 1 aliphatic rings. The highest BCUT2D eigenvalue weighted by Gasteiger charge is 2.21. The third-order valence-electron chi connectivity index (χ3n) is 3.18. The van der Waals surface area contributed by atoms with Crippen LogP contribution in [0.15, 0.2) is 22.7 Å². The summed E-state index contributed by atoms with van der Waals surface area (Å²) in [6.07, 6.45) is 1.27. The Balaban J connectivity index is 2.29. The van der Waals surface area contributed by atoms with Crippen LogP contribution in [0.3, 0.4) is 0 Å². The smallest absolute Gasteiger partial charge is 0.124 e. The highest BCUT2D eigenvalue weighted by atomic mass is 79.9. The van der Waals surface area contributed by atoms with Crippen LogP contribution in [-0.2, 0) is 4.74 Å². The molecule has 0 bridgehead atoms. The lowest BCUT2D eigenvalue weighted by atomic mass is 10.1. The summed E-state index contributed by atoms with van der Waals surface area (Å²) in [6, 6.07) is 5.89. The van der Waals surface area contributed by atoms with Gasteiger partial charge in [0.05, 0.1) is 12.7 Å². The lowest BCUT2D eigenvalue weighted by molar-refractivity contribution is 0.0384. The minimum absolute atomic E-state index is 0.103. The summed E-state index contributed by atoms with van der Waals surface area (Å²) in [7, 11) is 0. The Labute approximate surface area is 116 Å². The number of nitrogens with one attached hydrogen (secondary N) is 1. The van der Waals surface area contributed by atoms with Gasteiger partial charge in [-0.15, -0.1) is 0 Å². The SMILES string of the molecule is CCC1CN(c2ccc(Br)cc2C(=N)N)CCO1. The molecule has 1 unspecified atom stereocenters. The maximum Gasteiger partial charge on any atom is 0.124 e. The number of nitrogens with zero attached hydrogens (tertiary/aromatic N) is 1. The number of hydrogen-bond acceptors (Lipinski definition) is 3. The molecule has 18 heavy (non-hydrogen) atoms. The lowest BCUT2D eigenvalue weighted by Crippen LogP contribution is -2.43. The van der Waals surface area contributed by atoms with Gasteiger partial charge in [0.15, 0.2) is 0 Å². The van der Waals surface area contributed by atoms with E-state index in [0.29, 0.717) is 0 Å². The summed E-state index contributed by atoms with van der Waals surface area (Å²) in [5, 5.41) is 7.69. The molecule has 0 radical (unpaired) electrons. The monoisotopic (exact) mass is 311 g/mol. The molecule has 2 rings (SSSR count). The maximum absolute atomic E-state index is 7.69. The van der Waals surface area contributed by atoms with Crippen LogP contribution in [0, 0.1) is 5.41 Å². The molecule has 0 saturated carbocycles. The van der Waals surface area contributed by atoms with Gasteiger partial charge in [-0.2, -0.15) is 0 Å². The standard InChI is InChI=1S/C13H18BrN3O/c1-2-10-8-17(5-6-18-10)12-4-3-9(14)7-11(12)13(15)16/h3-4,7,10H,2,5-6,8H2,1H3,(H3,15,16). The van der Waals surface area contributed by atoms with Crippen LogP contribution in [0.25, 0.3) is 0 Å². The van der Waals surface area contributed by atoms with Crippen molar-refractivity contribution < 1.29 is 4.74 Å². The topological polar surface area (TPSA) is 62.3 Å². The van der Waals surface area contributed by atoms with Gasteiger partial charge >= 0.3 is 0 Å². The lowest BCUT2D eigenvalue weighted by Gasteiger charge is -2.35. The van der Waals surface area contributed by atoms with Crippen molar-refractivity contribution in [1.82, 2.24) is 0 Å². The molecule has 1 fully saturated rings. The molecule has 1 aromatic rings. The summed E-state index contributed by atoms with van der Waals surface area (Å²) in [6.45, 7) is 4.56. The number of halogens is 1. The highest BCUT2D eigenvalue weighted by Crippen LogP contribution is 2.26. The van der Waals surface area contributed by atoms with Gasteiger partial charge in [-0.25, -0.2) is 0 Å². The molecule has 1 heterocycles. The number of anilines is 1. The first kappa shape index (κ1) is 13.4. The molecule has 4 nitrogen and oxygen atoms in total. The molecule has 5 heteroatoms. The first-order valence-corrected chi connectivity index (χ1v) is 6.91. The van der Waals surface area contributed by atoms with Crippen LogP contribution in [0.2, 0.25) is 0 Å². The molecular weight excluding hydrogens is 294 g/mol. The van der Waals surface area contributed by atoms with Gasteiger partial charge in [-0.05, 0) is 24.6 Å². The third-order valence-corrected chi connectivity index (χ3v) is 3.68. The quantitative estimate of drug-likeness (QED) is 0.665. The van der Waals surface area contributed by atoms with Crippen molar-refractivity contribution in [3.63, 3.8) is 0 Å². The Morgan fingerprint density at radius 2 is 2.39 bits per heavy atom. The number of ether oxygens (including phenoxy) is 1. The zero-order valence-corrected chi connectivity index (χ0v) is 12.0. The van der Waals surface area contributed by atoms with Crippen molar-refractivity contribution in [1.29, 1.82) is 5.41 Å². The van der Waals surface area contributed by atoms with E-state index in [4.69, 9.17) is 15.9 Å². The van der Waals surface area contributed by atoms with Gasteiger partial charge in [0.1, 0.15) is 5.84 Å².